The first kappa shape index (κ1) is 18.8. The molecule has 3 N–H and O–H groups in total. The van der Waals surface area contributed by atoms with E-state index >= 15 is 0 Å². The zero-order valence-electron chi connectivity index (χ0n) is 14.6. The average molecular weight is 372 g/mol. The van der Waals surface area contributed by atoms with Crippen molar-refractivity contribution < 1.29 is 23.2 Å². The molecule has 0 spiro atoms. The average Bonchev–Trinajstić information content (AvgIpc) is 2.85. The third-order valence-corrected chi connectivity index (χ3v) is 4.68. The van der Waals surface area contributed by atoms with Gasteiger partial charge in [-0.1, -0.05) is 24.3 Å². The van der Waals surface area contributed by atoms with Gasteiger partial charge in [0.15, 0.2) is 17.1 Å². The minimum Gasteiger partial charge on any atom is -0.346 e. The molecule has 27 heavy (non-hydrogen) atoms. The van der Waals surface area contributed by atoms with Crippen LogP contribution >= 0.6 is 0 Å². The standard InChI is InChI=1S/C20H18F2N2O3/c1-11(24-18(26)8-12-6-14(21)10-15(22)7-12)19(27)20(23)16-5-3-2-4-13(16)9-17(20)25/h2-7,10-11H,8-9,23H2,1H3,(H,24,26)/t11-,20-/m0/s1. The van der Waals surface area contributed by atoms with E-state index in [1.165, 1.54) is 6.92 Å². The van der Waals surface area contributed by atoms with Crippen molar-refractivity contribution in [3.63, 3.8) is 0 Å². The van der Waals surface area contributed by atoms with E-state index in [1.54, 1.807) is 24.3 Å². The Morgan fingerprint density at radius 1 is 1.19 bits per heavy atom. The number of carbonyl (C=O) groups excluding carboxylic acids is 3. The van der Waals surface area contributed by atoms with Crippen LogP contribution in [-0.2, 0) is 32.8 Å². The largest absolute Gasteiger partial charge is 0.346 e. The number of ketones is 2. The van der Waals surface area contributed by atoms with Crippen LogP contribution < -0.4 is 11.1 Å². The fraction of sp³-hybridized carbons (Fsp3) is 0.250. The Labute approximate surface area is 154 Å². The van der Waals surface area contributed by atoms with Gasteiger partial charge in [-0.15, -0.1) is 0 Å². The molecule has 2 atom stereocenters. The molecule has 2 aromatic rings. The van der Waals surface area contributed by atoms with Gasteiger partial charge in [0.1, 0.15) is 11.6 Å². The van der Waals surface area contributed by atoms with Gasteiger partial charge in [0.05, 0.1) is 12.5 Å². The molecule has 0 heterocycles. The van der Waals surface area contributed by atoms with E-state index in [2.05, 4.69) is 5.32 Å². The summed E-state index contributed by atoms with van der Waals surface area (Å²) in [4.78, 5) is 37.4. The molecule has 5 nitrogen and oxygen atoms in total. The van der Waals surface area contributed by atoms with Gasteiger partial charge in [-0.2, -0.15) is 0 Å². The number of hydrogen-bond acceptors (Lipinski definition) is 4. The molecule has 0 fully saturated rings. The first-order valence-electron chi connectivity index (χ1n) is 8.41. The highest BCUT2D eigenvalue weighted by Crippen LogP contribution is 2.33. The smallest absolute Gasteiger partial charge is 0.224 e. The molecule has 0 radical (unpaired) electrons. The fourth-order valence-corrected chi connectivity index (χ4v) is 3.39. The second-order valence-corrected chi connectivity index (χ2v) is 6.67. The summed E-state index contributed by atoms with van der Waals surface area (Å²) in [6.07, 6.45) is -0.254. The Balaban J connectivity index is 1.74. The summed E-state index contributed by atoms with van der Waals surface area (Å²) in [5, 5.41) is 2.45. The van der Waals surface area contributed by atoms with Crippen LogP contribution in [0.1, 0.15) is 23.6 Å². The van der Waals surface area contributed by atoms with Crippen LogP contribution in [0.5, 0.6) is 0 Å². The Morgan fingerprint density at radius 3 is 2.48 bits per heavy atom. The van der Waals surface area contributed by atoms with E-state index in [9.17, 15) is 23.2 Å². The molecular formula is C20H18F2N2O3. The molecule has 0 aromatic heterocycles. The van der Waals surface area contributed by atoms with Crippen molar-refractivity contribution in [2.75, 3.05) is 0 Å². The van der Waals surface area contributed by atoms with Crippen molar-refractivity contribution in [2.24, 2.45) is 5.73 Å². The van der Waals surface area contributed by atoms with Crippen molar-refractivity contribution in [1.82, 2.24) is 5.32 Å². The minimum absolute atomic E-state index is 0.0572. The number of fused-ring (bicyclic) bond motifs is 1. The number of nitrogens with two attached hydrogens (primary N) is 1. The van der Waals surface area contributed by atoms with Gasteiger partial charge in [0.25, 0.3) is 0 Å². The zero-order chi connectivity index (χ0) is 19.8. The third-order valence-electron chi connectivity index (χ3n) is 4.68. The van der Waals surface area contributed by atoms with Crippen molar-refractivity contribution in [3.8, 4) is 0 Å². The lowest BCUT2D eigenvalue weighted by atomic mass is 9.84. The SMILES string of the molecule is C[C@H](NC(=O)Cc1cc(F)cc(F)c1)C(=O)[C@@]1(N)C(=O)Cc2ccccc21. The number of nitrogens with one attached hydrogen (secondary N) is 1. The van der Waals surface area contributed by atoms with Gasteiger partial charge < -0.3 is 11.1 Å². The van der Waals surface area contributed by atoms with Crippen molar-refractivity contribution in [1.29, 1.82) is 0 Å². The molecule has 2 aromatic carbocycles. The number of benzene rings is 2. The predicted molar refractivity (Wildman–Crippen MR) is 93.7 cm³/mol. The number of hydrogen-bond donors (Lipinski definition) is 2. The Hall–Kier alpha value is -2.93. The van der Waals surface area contributed by atoms with Gasteiger partial charge in [0, 0.05) is 12.5 Å². The number of Topliss-reactive ketones (excluding diaryl/α,β-unsaturated/α-hetero) is 2. The van der Waals surface area contributed by atoms with Crippen LogP contribution in [0.15, 0.2) is 42.5 Å². The van der Waals surface area contributed by atoms with Crippen molar-refractivity contribution in [2.45, 2.75) is 31.3 Å². The summed E-state index contributed by atoms with van der Waals surface area (Å²) in [6.45, 7) is 1.43. The van der Waals surface area contributed by atoms with Gasteiger partial charge in [-0.05, 0) is 35.7 Å². The second-order valence-electron chi connectivity index (χ2n) is 6.67. The van der Waals surface area contributed by atoms with E-state index in [4.69, 9.17) is 5.73 Å². The van der Waals surface area contributed by atoms with Gasteiger partial charge >= 0.3 is 0 Å². The summed E-state index contributed by atoms with van der Waals surface area (Å²) >= 11 is 0. The molecule has 0 aliphatic heterocycles. The first-order chi connectivity index (χ1) is 12.7. The van der Waals surface area contributed by atoms with E-state index < -0.39 is 40.7 Å². The van der Waals surface area contributed by atoms with E-state index in [0.29, 0.717) is 17.2 Å². The Bertz CT molecular complexity index is 924. The monoisotopic (exact) mass is 372 g/mol. The van der Waals surface area contributed by atoms with Crippen LogP contribution in [-0.4, -0.2) is 23.5 Å². The van der Waals surface area contributed by atoms with Crippen LogP contribution in [0.4, 0.5) is 8.78 Å². The normalized spacial score (nSPS) is 19.5. The van der Waals surface area contributed by atoms with E-state index in [1.807, 2.05) is 0 Å². The molecule has 1 aliphatic rings. The Kier molecular flexibility index (Phi) is 4.89. The van der Waals surface area contributed by atoms with E-state index in [0.717, 1.165) is 12.1 Å². The summed E-state index contributed by atoms with van der Waals surface area (Å²) in [7, 11) is 0. The molecule has 0 saturated heterocycles. The van der Waals surface area contributed by atoms with Crippen LogP contribution in [0.25, 0.3) is 0 Å². The quantitative estimate of drug-likeness (QED) is 0.780. The van der Waals surface area contributed by atoms with Crippen molar-refractivity contribution in [3.05, 3.63) is 70.8 Å². The lowest BCUT2D eigenvalue weighted by molar-refractivity contribution is -0.136. The maximum atomic E-state index is 13.2. The molecule has 0 saturated carbocycles. The summed E-state index contributed by atoms with van der Waals surface area (Å²) in [6, 6.07) is 8.54. The molecule has 1 amide bonds. The third kappa shape index (κ3) is 3.50. The number of carbonyl (C=O) groups is 3. The highest BCUT2D eigenvalue weighted by molar-refractivity contribution is 6.17. The highest BCUT2D eigenvalue weighted by Gasteiger charge is 2.50. The summed E-state index contributed by atoms with van der Waals surface area (Å²) < 4.78 is 26.5. The van der Waals surface area contributed by atoms with Gasteiger partial charge in [-0.25, -0.2) is 8.78 Å². The number of rotatable bonds is 5. The van der Waals surface area contributed by atoms with Crippen LogP contribution in [0.3, 0.4) is 0 Å². The lowest BCUT2D eigenvalue weighted by Crippen LogP contribution is -2.56. The first-order valence-corrected chi connectivity index (χ1v) is 8.41. The van der Waals surface area contributed by atoms with E-state index in [-0.39, 0.29) is 18.4 Å². The predicted octanol–water partition coefficient (Wildman–Crippen LogP) is 1.56. The van der Waals surface area contributed by atoms with Crippen LogP contribution in [0.2, 0.25) is 0 Å². The Morgan fingerprint density at radius 2 is 1.81 bits per heavy atom. The molecule has 1 aliphatic carbocycles. The summed E-state index contributed by atoms with van der Waals surface area (Å²) in [5.74, 6) is -3.26. The van der Waals surface area contributed by atoms with Gasteiger partial charge in [0.2, 0.25) is 5.91 Å². The molecule has 0 bridgehead atoms. The number of amides is 1. The second kappa shape index (κ2) is 7.00. The minimum atomic E-state index is -1.81. The highest BCUT2D eigenvalue weighted by atomic mass is 19.1. The molecule has 140 valence electrons. The van der Waals surface area contributed by atoms with Gasteiger partial charge in [-0.3, -0.25) is 14.4 Å². The maximum absolute atomic E-state index is 13.2. The fourth-order valence-electron chi connectivity index (χ4n) is 3.39. The van der Waals surface area contributed by atoms with Crippen molar-refractivity contribution >= 4 is 17.5 Å². The summed E-state index contributed by atoms with van der Waals surface area (Å²) in [5.41, 5.74) is 5.62. The topological polar surface area (TPSA) is 89.3 Å². The zero-order valence-corrected chi connectivity index (χ0v) is 14.6. The molecule has 3 rings (SSSR count). The maximum Gasteiger partial charge on any atom is 0.224 e. The molecular weight excluding hydrogens is 354 g/mol. The van der Waals surface area contributed by atoms with Crippen LogP contribution in [0, 0.1) is 11.6 Å². The lowest BCUT2D eigenvalue weighted by Gasteiger charge is -2.26. The molecule has 7 heteroatoms. The molecule has 0 unspecified atom stereocenters. The number of halogens is 2.